The Labute approximate surface area is 123 Å². The SMILES string of the molecule is CC1(O)CCN(C(=O)c2cc(C#CCCO)ccc2F)C1. The minimum atomic E-state index is -0.912. The zero-order valence-corrected chi connectivity index (χ0v) is 11.9. The first-order valence-electron chi connectivity index (χ1n) is 6.84. The van der Waals surface area contributed by atoms with E-state index in [0.29, 0.717) is 24.9 Å². The van der Waals surface area contributed by atoms with Crippen LogP contribution in [0.5, 0.6) is 0 Å². The molecule has 0 radical (unpaired) electrons. The first-order chi connectivity index (χ1) is 9.93. The summed E-state index contributed by atoms with van der Waals surface area (Å²) in [5.74, 6) is 4.48. The quantitative estimate of drug-likeness (QED) is 0.804. The van der Waals surface area contributed by atoms with Gasteiger partial charge in [-0.25, -0.2) is 4.39 Å². The number of hydrogen-bond acceptors (Lipinski definition) is 3. The Kier molecular flexibility index (Phi) is 4.61. The van der Waals surface area contributed by atoms with E-state index in [1.165, 1.54) is 23.1 Å². The van der Waals surface area contributed by atoms with Crippen LogP contribution in [0.4, 0.5) is 4.39 Å². The summed E-state index contributed by atoms with van der Waals surface area (Å²) in [6.07, 6.45) is 0.812. The monoisotopic (exact) mass is 291 g/mol. The van der Waals surface area contributed by atoms with Gasteiger partial charge in [-0.3, -0.25) is 4.79 Å². The number of likely N-dealkylation sites (tertiary alicyclic amines) is 1. The largest absolute Gasteiger partial charge is 0.395 e. The van der Waals surface area contributed by atoms with Gasteiger partial charge in [0, 0.05) is 25.1 Å². The number of β-amino-alcohol motifs (C(OH)–C–C–N with tert-alkyl or cyclic N) is 1. The summed E-state index contributed by atoms with van der Waals surface area (Å²) in [4.78, 5) is 13.8. The Morgan fingerprint density at radius 3 is 2.90 bits per heavy atom. The minimum Gasteiger partial charge on any atom is -0.395 e. The summed E-state index contributed by atoms with van der Waals surface area (Å²) < 4.78 is 13.9. The van der Waals surface area contributed by atoms with Crippen molar-refractivity contribution in [3.05, 3.63) is 35.1 Å². The molecule has 0 bridgehead atoms. The van der Waals surface area contributed by atoms with Crippen molar-refractivity contribution in [2.45, 2.75) is 25.4 Å². The fourth-order valence-corrected chi connectivity index (χ4v) is 2.28. The Balaban J connectivity index is 2.21. The number of hydrogen-bond donors (Lipinski definition) is 2. The highest BCUT2D eigenvalue weighted by molar-refractivity contribution is 5.95. The Bertz CT molecular complexity index is 601. The molecule has 5 heteroatoms. The first-order valence-corrected chi connectivity index (χ1v) is 6.84. The second-order valence-electron chi connectivity index (χ2n) is 5.44. The second-order valence-corrected chi connectivity index (χ2v) is 5.44. The molecule has 0 aliphatic carbocycles. The van der Waals surface area contributed by atoms with E-state index in [2.05, 4.69) is 11.8 Å². The van der Waals surface area contributed by atoms with Crippen molar-refractivity contribution >= 4 is 5.91 Å². The van der Waals surface area contributed by atoms with E-state index in [0.717, 1.165) is 0 Å². The van der Waals surface area contributed by atoms with Crippen LogP contribution in [0.15, 0.2) is 18.2 Å². The number of rotatable bonds is 2. The van der Waals surface area contributed by atoms with Crippen LogP contribution in [0.25, 0.3) is 0 Å². The molecule has 1 heterocycles. The van der Waals surface area contributed by atoms with Crippen LogP contribution in [-0.2, 0) is 0 Å². The maximum Gasteiger partial charge on any atom is 0.256 e. The summed E-state index contributed by atoms with van der Waals surface area (Å²) >= 11 is 0. The van der Waals surface area contributed by atoms with Crippen molar-refractivity contribution in [2.75, 3.05) is 19.7 Å². The summed E-state index contributed by atoms with van der Waals surface area (Å²) in [6, 6.07) is 4.12. The highest BCUT2D eigenvalue weighted by atomic mass is 19.1. The maximum absolute atomic E-state index is 13.9. The van der Waals surface area contributed by atoms with Crippen molar-refractivity contribution in [2.24, 2.45) is 0 Å². The molecule has 1 fully saturated rings. The van der Waals surface area contributed by atoms with Gasteiger partial charge in [-0.1, -0.05) is 11.8 Å². The molecule has 1 aliphatic rings. The van der Waals surface area contributed by atoms with Gasteiger partial charge in [-0.15, -0.1) is 0 Å². The molecule has 0 spiro atoms. The van der Waals surface area contributed by atoms with E-state index in [1.54, 1.807) is 6.92 Å². The predicted molar refractivity (Wildman–Crippen MR) is 76.1 cm³/mol. The zero-order chi connectivity index (χ0) is 15.5. The molecule has 1 aliphatic heterocycles. The van der Waals surface area contributed by atoms with Gasteiger partial charge in [-0.2, -0.15) is 0 Å². The van der Waals surface area contributed by atoms with E-state index in [1.807, 2.05) is 0 Å². The average Bonchev–Trinajstić information content (AvgIpc) is 2.80. The predicted octanol–water partition coefficient (Wildman–Crippen LogP) is 1.16. The van der Waals surface area contributed by atoms with Gasteiger partial charge in [0.15, 0.2) is 0 Å². The highest BCUT2D eigenvalue weighted by Crippen LogP contribution is 2.23. The van der Waals surface area contributed by atoms with Gasteiger partial charge in [0.1, 0.15) is 5.82 Å². The van der Waals surface area contributed by atoms with Crippen molar-refractivity contribution in [1.29, 1.82) is 0 Å². The minimum absolute atomic E-state index is 0.0384. The highest BCUT2D eigenvalue weighted by Gasteiger charge is 2.35. The summed E-state index contributed by atoms with van der Waals surface area (Å²) in [5.41, 5.74) is -0.423. The number of halogens is 1. The van der Waals surface area contributed by atoms with Crippen LogP contribution < -0.4 is 0 Å². The van der Waals surface area contributed by atoms with Crippen molar-refractivity contribution < 1.29 is 19.4 Å². The third-order valence-electron chi connectivity index (χ3n) is 3.41. The van der Waals surface area contributed by atoms with Gasteiger partial charge in [0.25, 0.3) is 5.91 Å². The van der Waals surface area contributed by atoms with Crippen molar-refractivity contribution in [3.63, 3.8) is 0 Å². The standard InChI is InChI=1S/C16H18FNO3/c1-16(21)7-8-18(11-16)15(20)13-10-12(4-2-3-9-19)5-6-14(13)17/h5-6,10,19,21H,3,7-9,11H2,1H3. The van der Waals surface area contributed by atoms with Crippen LogP contribution in [0, 0.1) is 17.7 Å². The van der Waals surface area contributed by atoms with Crippen LogP contribution in [0.2, 0.25) is 0 Å². The number of nitrogens with zero attached hydrogens (tertiary/aromatic N) is 1. The number of aliphatic hydroxyl groups excluding tert-OH is 1. The molecular weight excluding hydrogens is 273 g/mol. The van der Waals surface area contributed by atoms with Crippen LogP contribution in [0.1, 0.15) is 35.7 Å². The molecule has 0 aromatic heterocycles. The molecule has 0 saturated carbocycles. The summed E-state index contributed by atoms with van der Waals surface area (Å²) in [5, 5.41) is 18.6. The molecule has 2 rings (SSSR count). The van der Waals surface area contributed by atoms with Gasteiger partial charge in [-0.05, 0) is 31.5 Å². The van der Waals surface area contributed by atoms with Crippen molar-refractivity contribution in [1.82, 2.24) is 4.90 Å². The number of benzene rings is 1. The molecule has 112 valence electrons. The normalized spacial score (nSPS) is 21.0. The molecule has 1 amide bonds. The Morgan fingerprint density at radius 2 is 2.29 bits per heavy atom. The number of amides is 1. The van der Waals surface area contributed by atoms with E-state index >= 15 is 0 Å². The summed E-state index contributed by atoms with van der Waals surface area (Å²) in [6.45, 7) is 2.23. The maximum atomic E-state index is 13.9. The molecule has 1 atom stereocenters. The Morgan fingerprint density at radius 1 is 1.52 bits per heavy atom. The van der Waals surface area contributed by atoms with Gasteiger partial charge < -0.3 is 15.1 Å². The lowest BCUT2D eigenvalue weighted by Crippen LogP contribution is -2.34. The fraction of sp³-hybridized carbons (Fsp3) is 0.438. The van der Waals surface area contributed by atoms with Gasteiger partial charge >= 0.3 is 0 Å². The van der Waals surface area contributed by atoms with E-state index < -0.39 is 17.3 Å². The average molecular weight is 291 g/mol. The lowest BCUT2D eigenvalue weighted by molar-refractivity contribution is 0.0569. The fourth-order valence-electron chi connectivity index (χ4n) is 2.28. The van der Waals surface area contributed by atoms with Gasteiger partial charge in [0.2, 0.25) is 0 Å². The second kappa shape index (κ2) is 6.25. The van der Waals surface area contributed by atoms with Crippen LogP contribution in [-0.4, -0.2) is 46.3 Å². The molecule has 2 N–H and O–H groups in total. The van der Waals surface area contributed by atoms with E-state index in [-0.39, 0.29) is 18.7 Å². The van der Waals surface area contributed by atoms with Crippen LogP contribution in [0.3, 0.4) is 0 Å². The molecule has 1 aromatic carbocycles. The molecule has 21 heavy (non-hydrogen) atoms. The van der Waals surface area contributed by atoms with E-state index in [9.17, 15) is 14.3 Å². The molecule has 1 saturated heterocycles. The lowest BCUT2D eigenvalue weighted by atomic mass is 10.1. The smallest absolute Gasteiger partial charge is 0.256 e. The molecular formula is C16H18FNO3. The molecule has 4 nitrogen and oxygen atoms in total. The number of carbonyl (C=O) groups is 1. The number of carbonyl (C=O) groups excluding carboxylic acids is 1. The molecule has 1 aromatic rings. The van der Waals surface area contributed by atoms with Gasteiger partial charge in [0.05, 0.1) is 17.8 Å². The number of aliphatic hydroxyl groups is 2. The third kappa shape index (κ3) is 3.81. The third-order valence-corrected chi connectivity index (χ3v) is 3.41. The summed E-state index contributed by atoms with van der Waals surface area (Å²) in [7, 11) is 0. The zero-order valence-electron chi connectivity index (χ0n) is 11.9. The first kappa shape index (κ1) is 15.5. The topological polar surface area (TPSA) is 60.8 Å². The van der Waals surface area contributed by atoms with E-state index in [4.69, 9.17) is 5.11 Å². The lowest BCUT2D eigenvalue weighted by Gasteiger charge is -2.19. The Hall–Kier alpha value is -1.90. The van der Waals surface area contributed by atoms with Crippen molar-refractivity contribution in [3.8, 4) is 11.8 Å². The van der Waals surface area contributed by atoms with Crippen LogP contribution >= 0.6 is 0 Å². The molecule has 1 unspecified atom stereocenters.